The van der Waals surface area contributed by atoms with Gasteiger partial charge in [-0.05, 0) is 32.6 Å². The first-order chi connectivity index (χ1) is 6.57. The van der Waals surface area contributed by atoms with Gasteiger partial charge in [-0.2, -0.15) is 0 Å². The molecule has 0 radical (unpaired) electrons. The predicted molar refractivity (Wildman–Crippen MR) is 54.4 cm³/mol. The summed E-state index contributed by atoms with van der Waals surface area (Å²) in [4.78, 5) is 10.5. The van der Waals surface area contributed by atoms with E-state index in [1.807, 2.05) is 0 Å². The molecule has 1 fully saturated rings. The fourth-order valence-electron chi connectivity index (χ4n) is 1.71. The molecule has 82 valence electrons. The highest BCUT2D eigenvalue weighted by Crippen LogP contribution is 2.22. The van der Waals surface area contributed by atoms with Gasteiger partial charge in [0.2, 0.25) is 10.0 Å². The van der Waals surface area contributed by atoms with Crippen molar-refractivity contribution in [2.24, 2.45) is 5.92 Å². The summed E-state index contributed by atoms with van der Waals surface area (Å²) in [5, 5.41) is 0. The fraction of sp³-hybridized carbons (Fsp3) is 0.889. The Labute approximate surface area is 85.1 Å². The Bertz CT molecular complexity index is 278. The van der Waals surface area contributed by atoms with Gasteiger partial charge in [-0.15, -0.1) is 0 Å². The average Bonchev–Trinajstić information content (AvgIpc) is 2.19. The van der Waals surface area contributed by atoms with Gasteiger partial charge in [0.1, 0.15) is 6.29 Å². The zero-order valence-electron chi connectivity index (χ0n) is 8.40. The van der Waals surface area contributed by atoms with Crippen molar-refractivity contribution in [2.45, 2.75) is 38.6 Å². The van der Waals surface area contributed by atoms with Gasteiger partial charge in [-0.1, -0.05) is 0 Å². The minimum absolute atomic E-state index is 0.0381. The van der Waals surface area contributed by atoms with E-state index in [2.05, 4.69) is 4.72 Å². The van der Waals surface area contributed by atoms with Crippen LogP contribution in [-0.4, -0.2) is 26.5 Å². The standard InChI is InChI=1S/C9H17NO3S/c1-2-14(12,13)10-9-5-3-8(7-11)4-6-9/h7-10H,2-6H2,1H3/t8-,9-. The molecule has 0 unspecified atom stereocenters. The molecule has 1 aliphatic carbocycles. The van der Waals surface area contributed by atoms with E-state index in [9.17, 15) is 13.2 Å². The van der Waals surface area contributed by atoms with Crippen molar-refractivity contribution in [2.75, 3.05) is 5.75 Å². The molecule has 0 aromatic heterocycles. The lowest BCUT2D eigenvalue weighted by Crippen LogP contribution is -2.38. The SMILES string of the molecule is CCS(=O)(=O)N[C@H]1CC[C@H](C=O)CC1. The van der Waals surface area contributed by atoms with Crippen molar-refractivity contribution < 1.29 is 13.2 Å². The van der Waals surface area contributed by atoms with E-state index in [1.54, 1.807) is 6.92 Å². The summed E-state index contributed by atoms with van der Waals surface area (Å²) in [6.07, 6.45) is 4.15. The number of hydrogen-bond donors (Lipinski definition) is 1. The summed E-state index contributed by atoms with van der Waals surface area (Å²) in [7, 11) is -3.08. The molecular formula is C9H17NO3S. The van der Waals surface area contributed by atoms with Crippen LogP contribution < -0.4 is 4.72 Å². The average molecular weight is 219 g/mol. The second-order valence-corrected chi connectivity index (χ2v) is 5.81. The summed E-state index contributed by atoms with van der Waals surface area (Å²) >= 11 is 0. The van der Waals surface area contributed by atoms with E-state index in [1.165, 1.54) is 0 Å². The lowest BCUT2D eigenvalue weighted by atomic mass is 9.87. The van der Waals surface area contributed by atoms with Crippen LogP contribution in [0, 0.1) is 5.92 Å². The molecule has 1 N–H and O–H groups in total. The lowest BCUT2D eigenvalue weighted by Gasteiger charge is -2.25. The van der Waals surface area contributed by atoms with Crippen LogP contribution in [0.5, 0.6) is 0 Å². The number of carbonyl (C=O) groups excluding carboxylic acids is 1. The minimum atomic E-state index is -3.08. The highest BCUT2D eigenvalue weighted by Gasteiger charge is 2.23. The predicted octanol–water partition coefficient (Wildman–Crippen LogP) is 0.683. The second kappa shape index (κ2) is 4.89. The van der Waals surface area contributed by atoms with Crippen molar-refractivity contribution in [1.82, 2.24) is 4.72 Å². The fourth-order valence-corrected chi connectivity index (χ4v) is 2.62. The third-order valence-corrected chi connectivity index (χ3v) is 4.14. The molecule has 0 aromatic rings. The first kappa shape index (κ1) is 11.7. The normalized spacial score (nSPS) is 28.6. The molecule has 0 bridgehead atoms. The molecule has 0 atom stereocenters. The molecule has 0 heterocycles. The molecular weight excluding hydrogens is 202 g/mol. The lowest BCUT2D eigenvalue weighted by molar-refractivity contribution is -0.111. The summed E-state index contributed by atoms with van der Waals surface area (Å²) in [5.74, 6) is 0.262. The van der Waals surface area contributed by atoms with Gasteiger partial charge in [-0.25, -0.2) is 13.1 Å². The maximum absolute atomic E-state index is 11.2. The Balaban J connectivity index is 2.40. The monoisotopic (exact) mass is 219 g/mol. The maximum Gasteiger partial charge on any atom is 0.211 e. The quantitative estimate of drug-likeness (QED) is 0.707. The molecule has 0 aromatic carbocycles. The number of sulfonamides is 1. The van der Waals surface area contributed by atoms with Gasteiger partial charge in [0.05, 0.1) is 5.75 Å². The molecule has 1 rings (SSSR count). The third kappa shape index (κ3) is 3.38. The van der Waals surface area contributed by atoms with Crippen LogP contribution in [0.4, 0.5) is 0 Å². The first-order valence-corrected chi connectivity index (χ1v) is 6.68. The van der Waals surface area contributed by atoms with E-state index < -0.39 is 10.0 Å². The molecule has 0 spiro atoms. The van der Waals surface area contributed by atoms with Crippen LogP contribution in [0.1, 0.15) is 32.6 Å². The van der Waals surface area contributed by atoms with Crippen LogP contribution in [0.2, 0.25) is 0 Å². The molecule has 0 aliphatic heterocycles. The van der Waals surface area contributed by atoms with E-state index in [0.29, 0.717) is 0 Å². The zero-order chi connectivity index (χ0) is 10.6. The smallest absolute Gasteiger partial charge is 0.211 e. The molecule has 0 saturated heterocycles. The largest absolute Gasteiger partial charge is 0.303 e. The van der Waals surface area contributed by atoms with E-state index in [0.717, 1.165) is 32.0 Å². The Morgan fingerprint density at radius 1 is 1.29 bits per heavy atom. The van der Waals surface area contributed by atoms with E-state index >= 15 is 0 Å². The second-order valence-electron chi connectivity index (χ2n) is 3.77. The highest BCUT2D eigenvalue weighted by molar-refractivity contribution is 7.89. The van der Waals surface area contributed by atoms with Gasteiger partial charge in [0, 0.05) is 12.0 Å². The molecule has 14 heavy (non-hydrogen) atoms. The molecule has 1 aliphatic rings. The Morgan fingerprint density at radius 2 is 1.86 bits per heavy atom. The van der Waals surface area contributed by atoms with Crippen LogP contribution in [0.3, 0.4) is 0 Å². The number of nitrogens with one attached hydrogen (secondary N) is 1. The number of hydrogen-bond acceptors (Lipinski definition) is 3. The van der Waals surface area contributed by atoms with Gasteiger partial charge in [-0.3, -0.25) is 0 Å². The van der Waals surface area contributed by atoms with Gasteiger partial charge in [0.25, 0.3) is 0 Å². The summed E-state index contributed by atoms with van der Waals surface area (Å²) in [6, 6.07) is 0.0381. The molecule has 5 heteroatoms. The Kier molecular flexibility index (Phi) is 4.07. The number of aldehydes is 1. The Hall–Kier alpha value is -0.420. The van der Waals surface area contributed by atoms with E-state index in [-0.39, 0.29) is 17.7 Å². The van der Waals surface area contributed by atoms with Crippen molar-refractivity contribution in [3.8, 4) is 0 Å². The summed E-state index contributed by atoms with van der Waals surface area (Å²) in [5.41, 5.74) is 0. The molecule has 4 nitrogen and oxygen atoms in total. The summed E-state index contributed by atoms with van der Waals surface area (Å²) < 4.78 is 25.1. The van der Waals surface area contributed by atoms with E-state index in [4.69, 9.17) is 0 Å². The Morgan fingerprint density at radius 3 is 2.29 bits per heavy atom. The highest BCUT2D eigenvalue weighted by atomic mass is 32.2. The van der Waals surface area contributed by atoms with Crippen molar-refractivity contribution >= 4 is 16.3 Å². The topological polar surface area (TPSA) is 63.2 Å². The first-order valence-electron chi connectivity index (χ1n) is 5.02. The third-order valence-electron chi connectivity index (χ3n) is 2.69. The molecule has 1 saturated carbocycles. The molecule has 0 amide bonds. The minimum Gasteiger partial charge on any atom is -0.303 e. The van der Waals surface area contributed by atoms with Crippen molar-refractivity contribution in [3.63, 3.8) is 0 Å². The van der Waals surface area contributed by atoms with Crippen LogP contribution in [0.25, 0.3) is 0 Å². The maximum atomic E-state index is 11.2. The zero-order valence-corrected chi connectivity index (χ0v) is 9.22. The number of carbonyl (C=O) groups is 1. The number of rotatable bonds is 4. The van der Waals surface area contributed by atoms with Crippen LogP contribution in [-0.2, 0) is 14.8 Å². The van der Waals surface area contributed by atoms with Crippen molar-refractivity contribution in [3.05, 3.63) is 0 Å². The van der Waals surface area contributed by atoms with Crippen LogP contribution >= 0.6 is 0 Å². The van der Waals surface area contributed by atoms with Gasteiger partial charge >= 0.3 is 0 Å². The summed E-state index contributed by atoms with van der Waals surface area (Å²) in [6.45, 7) is 1.62. The van der Waals surface area contributed by atoms with Gasteiger partial charge < -0.3 is 4.79 Å². The van der Waals surface area contributed by atoms with Crippen molar-refractivity contribution in [1.29, 1.82) is 0 Å². The van der Waals surface area contributed by atoms with Crippen LogP contribution in [0.15, 0.2) is 0 Å². The van der Waals surface area contributed by atoms with Gasteiger partial charge in [0.15, 0.2) is 0 Å².